The van der Waals surface area contributed by atoms with E-state index in [4.69, 9.17) is 19.3 Å². The summed E-state index contributed by atoms with van der Waals surface area (Å²) in [6, 6.07) is 14.2. The molecule has 1 unspecified atom stereocenters. The number of rotatable bonds is 9. The molecule has 2 heterocycles. The molecule has 1 N–H and O–H groups in total. The number of methoxy groups -OCH3 is 1. The number of ether oxygens (including phenoxy) is 3. The Morgan fingerprint density at radius 3 is 2.46 bits per heavy atom. The maximum Gasteiger partial charge on any atom is 0.329 e. The maximum atomic E-state index is 13.6. The van der Waals surface area contributed by atoms with Crippen LogP contribution >= 0.6 is 0 Å². The molecule has 0 radical (unpaired) electrons. The summed E-state index contributed by atoms with van der Waals surface area (Å²) in [6.45, 7) is 9.93. The number of nitrogens with one attached hydrogen (secondary N) is 1. The van der Waals surface area contributed by atoms with E-state index >= 15 is 0 Å². The first kappa shape index (κ1) is 26.6. The molecule has 1 aliphatic heterocycles. The molecule has 1 amide bonds. The summed E-state index contributed by atoms with van der Waals surface area (Å²) in [7, 11) is 1.60. The predicted molar refractivity (Wildman–Crippen MR) is 141 cm³/mol. The highest BCUT2D eigenvalue weighted by Gasteiger charge is 2.29. The van der Waals surface area contributed by atoms with Gasteiger partial charge < -0.3 is 19.5 Å². The van der Waals surface area contributed by atoms with Gasteiger partial charge in [0.1, 0.15) is 22.9 Å². The van der Waals surface area contributed by atoms with Gasteiger partial charge in [0.2, 0.25) is 0 Å². The van der Waals surface area contributed by atoms with Gasteiger partial charge in [0.05, 0.1) is 26.9 Å². The molecule has 1 saturated heterocycles. The Kier molecular flexibility index (Phi) is 8.45. The van der Waals surface area contributed by atoms with E-state index in [9.17, 15) is 9.59 Å². The molecule has 1 atom stereocenters. The maximum absolute atomic E-state index is 13.6. The number of hydrogen-bond acceptors (Lipinski definition) is 7. The van der Waals surface area contributed by atoms with Crippen molar-refractivity contribution in [3.05, 3.63) is 59.8 Å². The summed E-state index contributed by atoms with van der Waals surface area (Å²) in [5.74, 6) is -0.285. The number of aromatic nitrogens is 2. The quantitative estimate of drug-likeness (QED) is 0.444. The van der Waals surface area contributed by atoms with Crippen molar-refractivity contribution in [1.82, 2.24) is 20.0 Å². The zero-order valence-corrected chi connectivity index (χ0v) is 22.0. The Balaban J connectivity index is 1.61. The molecule has 1 fully saturated rings. The lowest BCUT2D eigenvalue weighted by Crippen LogP contribution is -2.45. The SMILES string of the molecule is COc1cccc2c(C(=O)NC(Cc3ccccc3)C(=O)OC(C)(C)C)nn(CCN3CCOCC3)c12. The van der Waals surface area contributed by atoms with E-state index in [1.165, 1.54) is 0 Å². The first-order chi connectivity index (χ1) is 17.7. The summed E-state index contributed by atoms with van der Waals surface area (Å²) in [4.78, 5) is 29.0. The van der Waals surface area contributed by atoms with Gasteiger partial charge in [0.25, 0.3) is 5.91 Å². The van der Waals surface area contributed by atoms with Crippen LogP contribution in [-0.4, -0.2) is 78.2 Å². The van der Waals surface area contributed by atoms with Crippen molar-refractivity contribution >= 4 is 22.8 Å². The van der Waals surface area contributed by atoms with E-state index in [-0.39, 0.29) is 5.69 Å². The minimum absolute atomic E-state index is 0.248. The fourth-order valence-electron chi connectivity index (χ4n) is 4.40. The van der Waals surface area contributed by atoms with Crippen LogP contribution in [0.15, 0.2) is 48.5 Å². The van der Waals surface area contributed by atoms with Crippen molar-refractivity contribution in [3.63, 3.8) is 0 Å². The van der Waals surface area contributed by atoms with E-state index in [0.717, 1.165) is 30.7 Å². The van der Waals surface area contributed by atoms with Gasteiger partial charge in [-0.2, -0.15) is 5.10 Å². The van der Waals surface area contributed by atoms with Crippen molar-refractivity contribution in [3.8, 4) is 5.75 Å². The Morgan fingerprint density at radius 2 is 1.78 bits per heavy atom. The van der Waals surface area contributed by atoms with E-state index in [0.29, 0.717) is 37.3 Å². The number of carbonyl (C=O) groups is 2. The van der Waals surface area contributed by atoms with E-state index in [2.05, 4.69) is 10.2 Å². The Labute approximate surface area is 217 Å². The average Bonchev–Trinajstić information content (AvgIpc) is 3.26. The molecule has 0 aliphatic carbocycles. The van der Waals surface area contributed by atoms with Crippen LogP contribution in [0.25, 0.3) is 10.9 Å². The lowest BCUT2D eigenvalue weighted by atomic mass is 10.0. The average molecular weight is 509 g/mol. The normalized spacial score (nSPS) is 15.4. The zero-order valence-electron chi connectivity index (χ0n) is 22.0. The number of fused-ring (bicyclic) bond motifs is 1. The molecule has 198 valence electrons. The van der Waals surface area contributed by atoms with E-state index < -0.39 is 23.5 Å². The summed E-state index contributed by atoms with van der Waals surface area (Å²) in [5, 5.41) is 8.25. The lowest BCUT2D eigenvalue weighted by Gasteiger charge is -2.26. The minimum Gasteiger partial charge on any atom is -0.494 e. The number of morpholine rings is 1. The van der Waals surface area contributed by atoms with Crippen LogP contribution in [-0.2, 0) is 27.2 Å². The van der Waals surface area contributed by atoms with Crippen molar-refractivity contribution in [1.29, 1.82) is 0 Å². The summed E-state index contributed by atoms with van der Waals surface area (Å²) in [6.07, 6.45) is 0.306. The second-order valence-corrected chi connectivity index (χ2v) is 10.1. The van der Waals surface area contributed by atoms with Gasteiger partial charge in [-0.3, -0.25) is 14.4 Å². The van der Waals surface area contributed by atoms with Crippen LogP contribution in [0.2, 0.25) is 0 Å². The topological polar surface area (TPSA) is 94.9 Å². The number of amides is 1. The van der Waals surface area contributed by atoms with Crippen LogP contribution < -0.4 is 10.1 Å². The monoisotopic (exact) mass is 508 g/mol. The van der Waals surface area contributed by atoms with Gasteiger partial charge in [-0.25, -0.2) is 4.79 Å². The largest absolute Gasteiger partial charge is 0.494 e. The van der Waals surface area contributed by atoms with E-state index in [1.807, 2.05) is 74.0 Å². The molecule has 0 bridgehead atoms. The smallest absolute Gasteiger partial charge is 0.329 e. The van der Waals surface area contributed by atoms with Crippen LogP contribution in [0.5, 0.6) is 5.75 Å². The Morgan fingerprint density at radius 1 is 1.05 bits per heavy atom. The molecule has 1 aromatic heterocycles. The number of hydrogen-bond donors (Lipinski definition) is 1. The number of nitrogens with zero attached hydrogens (tertiary/aromatic N) is 3. The molecule has 37 heavy (non-hydrogen) atoms. The molecular weight excluding hydrogens is 472 g/mol. The van der Waals surface area contributed by atoms with Crippen LogP contribution in [0.1, 0.15) is 36.8 Å². The molecule has 2 aromatic carbocycles. The standard InChI is InChI=1S/C28H36N4O5/c1-28(2,3)37-27(34)22(19-20-9-6-5-7-10-20)29-26(33)24-21-11-8-12-23(35-4)25(21)32(30-24)14-13-31-15-17-36-18-16-31/h5-12,22H,13-19H2,1-4H3,(H,29,33). The second-order valence-electron chi connectivity index (χ2n) is 10.1. The zero-order chi connectivity index (χ0) is 26.4. The van der Waals surface area contributed by atoms with Crippen molar-refractivity contribution in [2.45, 2.75) is 45.4 Å². The van der Waals surface area contributed by atoms with Gasteiger partial charge in [-0.05, 0) is 32.4 Å². The van der Waals surface area contributed by atoms with Crippen LogP contribution in [0, 0.1) is 0 Å². The predicted octanol–water partition coefficient (Wildman–Crippen LogP) is 3.06. The summed E-state index contributed by atoms with van der Waals surface area (Å²) >= 11 is 0. The van der Waals surface area contributed by atoms with Gasteiger partial charge >= 0.3 is 5.97 Å². The summed E-state index contributed by atoms with van der Waals surface area (Å²) in [5.41, 5.74) is 1.23. The Hall–Kier alpha value is -3.43. The minimum atomic E-state index is -0.867. The van der Waals surface area contributed by atoms with Crippen LogP contribution in [0.4, 0.5) is 0 Å². The summed E-state index contributed by atoms with van der Waals surface area (Å²) < 4.78 is 18.5. The molecule has 9 nitrogen and oxygen atoms in total. The number of para-hydroxylation sites is 1. The van der Waals surface area contributed by atoms with Crippen molar-refractivity contribution in [2.24, 2.45) is 0 Å². The molecule has 9 heteroatoms. The molecular formula is C28H36N4O5. The fourth-order valence-corrected chi connectivity index (χ4v) is 4.40. The third-order valence-corrected chi connectivity index (χ3v) is 6.18. The Bertz CT molecular complexity index is 1210. The molecule has 3 aromatic rings. The van der Waals surface area contributed by atoms with Crippen molar-refractivity contribution in [2.75, 3.05) is 40.0 Å². The third-order valence-electron chi connectivity index (χ3n) is 6.18. The highest BCUT2D eigenvalue weighted by molar-refractivity contribution is 6.07. The highest BCUT2D eigenvalue weighted by Crippen LogP contribution is 2.28. The van der Waals surface area contributed by atoms with E-state index in [1.54, 1.807) is 7.11 Å². The molecule has 0 spiro atoms. The first-order valence-electron chi connectivity index (χ1n) is 12.7. The molecule has 0 saturated carbocycles. The highest BCUT2D eigenvalue weighted by atomic mass is 16.6. The van der Waals surface area contributed by atoms with Gasteiger partial charge in [0.15, 0.2) is 5.69 Å². The van der Waals surface area contributed by atoms with Gasteiger partial charge in [-0.15, -0.1) is 0 Å². The number of carbonyl (C=O) groups excluding carboxylic acids is 2. The first-order valence-corrected chi connectivity index (χ1v) is 12.7. The van der Waals surface area contributed by atoms with Gasteiger partial charge in [-0.1, -0.05) is 42.5 Å². The molecule has 4 rings (SSSR count). The van der Waals surface area contributed by atoms with Crippen molar-refractivity contribution < 1.29 is 23.8 Å². The lowest BCUT2D eigenvalue weighted by molar-refractivity contribution is -0.157. The third kappa shape index (κ3) is 6.87. The van der Waals surface area contributed by atoms with Gasteiger partial charge in [0, 0.05) is 31.4 Å². The second kappa shape index (κ2) is 11.7. The fraction of sp³-hybridized carbons (Fsp3) is 0.464. The number of esters is 1. The number of benzene rings is 2. The molecule has 1 aliphatic rings. The van der Waals surface area contributed by atoms with Crippen LogP contribution in [0.3, 0.4) is 0 Å².